The summed E-state index contributed by atoms with van der Waals surface area (Å²) in [6, 6.07) is 10.2. The van der Waals surface area contributed by atoms with Crippen LogP contribution in [0.4, 0.5) is 0 Å². The molecule has 0 aliphatic rings. The summed E-state index contributed by atoms with van der Waals surface area (Å²) in [6.07, 6.45) is 1.05. The molecule has 0 atom stereocenters. The third-order valence-electron chi connectivity index (χ3n) is 1.59. The average molecular weight is 179 g/mol. The highest BCUT2D eigenvalue weighted by molar-refractivity contribution is 6.48. The lowest BCUT2D eigenvalue weighted by atomic mass is 10.1. The zero-order chi connectivity index (χ0) is 8.97. The van der Waals surface area contributed by atoms with Crippen LogP contribution >= 0.6 is 0 Å². The summed E-state index contributed by atoms with van der Waals surface area (Å²) in [6.45, 7) is 6.38. The molecule has 0 aliphatic carbocycles. The van der Waals surface area contributed by atoms with Crippen molar-refractivity contribution in [3.8, 4) is 0 Å². The molecule has 0 bridgehead atoms. The van der Waals surface area contributed by atoms with Gasteiger partial charge in [-0.2, -0.15) is 0 Å². The fraction of sp³-hybridized carbons (Fsp3) is 0.300. The van der Waals surface area contributed by atoms with Gasteiger partial charge in [0, 0.05) is 0 Å². The van der Waals surface area contributed by atoms with Crippen molar-refractivity contribution in [1.82, 2.24) is 0 Å². The van der Waals surface area contributed by atoms with Gasteiger partial charge in [-0.1, -0.05) is 30.3 Å². The molecule has 0 heterocycles. The minimum atomic E-state index is -0.935. The van der Waals surface area contributed by atoms with Crippen molar-refractivity contribution in [3.63, 3.8) is 0 Å². The Kier molecular flexibility index (Phi) is 3.50. The predicted octanol–water partition coefficient (Wildman–Crippen LogP) is 2.59. The molecule has 1 rings (SSSR count). The quantitative estimate of drug-likeness (QED) is 0.648. The molecule has 0 unspecified atom stereocenters. The van der Waals surface area contributed by atoms with Gasteiger partial charge in [-0.15, -0.1) is 0 Å². The lowest BCUT2D eigenvalue weighted by Gasteiger charge is -2.14. The third kappa shape index (κ3) is 2.79. The van der Waals surface area contributed by atoms with E-state index in [1.165, 1.54) is 5.56 Å². The van der Waals surface area contributed by atoms with Gasteiger partial charge in [0.1, 0.15) is 6.10 Å². The lowest BCUT2D eigenvalue weighted by Crippen LogP contribution is -2.11. The Labute approximate surface area is 76.1 Å². The summed E-state index contributed by atoms with van der Waals surface area (Å²) >= 11 is 0. The van der Waals surface area contributed by atoms with E-state index in [1.54, 1.807) is 0 Å². The van der Waals surface area contributed by atoms with Gasteiger partial charge in [0.05, 0.1) is 0 Å². The van der Waals surface area contributed by atoms with E-state index >= 15 is 0 Å². The van der Waals surface area contributed by atoms with E-state index in [0.717, 1.165) is 6.10 Å². The van der Waals surface area contributed by atoms with Crippen molar-refractivity contribution in [2.75, 3.05) is 0 Å². The Morgan fingerprint density at radius 2 is 1.75 bits per heavy atom. The van der Waals surface area contributed by atoms with Gasteiger partial charge in [0.25, 0.3) is 0 Å². The minimum Gasteiger partial charge on any atom is -0.408 e. The molecule has 1 nitrogen and oxygen atoms in total. The fourth-order valence-electron chi connectivity index (χ4n) is 1.09. The lowest BCUT2D eigenvalue weighted by molar-refractivity contribution is 0.371. The van der Waals surface area contributed by atoms with Crippen molar-refractivity contribution in [2.24, 2.45) is 0 Å². The molecule has 1 radical (unpaired) electrons. The highest BCUT2D eigenvalue weighted by Crippen LogP contribution is 2.15. The van der Waals surface area contributed by atoms with Gasteiger partial charge in [0.15, 0.2) is 9.04 Å². The molecular formula is C10H15OSi. The second-order valence-electron chi connectivity index (χ2n) is 3.09. The molecular weight excluding hydrogens is 164 g/mol. The molecule has 0 saturated heterocycles. The fourth-order valence-corrected chi connectivity index (χ4v) is 1.94. The first-order chi connectivity index (χ1) is 5.70. The van der Waals surface area contributed by atoms with Crippen LogP contribution in [-0.4, -0.2) is 9.04 Å². The summed E-state index contributed by atoms with van der Waals surface area (Å²) in [5, 5.41) is 0. The summed E-state index contributed by atoms with van der Waals surface area (Å²) in [5.41, 5.74) is 1.19. The van der Waals surface area contributed by atoms with E-state index in [-0.39, 0.29) is 0 Å². The first-order valence-electron chi connectivity index (χ1n) is 4.26. The highest BCUT2D eigenvalue weighted by atomic mass is 28.3. The highest BCUT2D eigenvalue weighted by Gasteiger charge is 2.07. The second kappa shape index (κ2) is 4.43. The first-order valence-corrected chi connectivity index (χ1v) is 7.04. The third-order valence-corrected chi connectivity index (χ3v) is 2.42. The molecule has 1 aromatic carbocycles. The maximum atomic E-state index is 5.69. The molecule has 0 saturated carbocycles. The first kappa shape index (κ1) is 9.48. The number of hydrogen-bond donors (Lipinski definition) is 0. The molecule has 0 N–H and O–H groups in total. The smallest absolute Gasteiger partial charge is 0.172 e. The van der Waals surface area contributed by atoms with Crippen LogP contribution in [0.15, 0.2) is 30.3 Å². The van der Waals surface area contributed by atoms with Crippen LogP contribution in [0.1, 0.15) is 12.5 Å². The van der Waals surface area contributed by atoms with E-state index in [1.807, 2.05) is 25.1 Å². The van der Waals surface area contributed by atoms with Crippen LogP contribution in [0.2, 0.25) is 13.1 Å². The van der Waals surface area contributed by atoms with Crippen LogP contribution in [0.3, 0.4) is 0 Å². The largest absolute Gasteiger partial charge is 0.408 e. The minimum absolute atomic E-state index is 0.935. The van der Waals surface area contributed by atoms with Crippen LogP contribution in [-0.2, 0) is 4.43 Å². The Morgan fingerprint density at radius 3 is 2.25 bits per heavy atom. The van der Waals surface area contributed by atoms with Gasteiger partial charge in [-0.3, -0.25) is 0 Å². The molecule has 12 heavy (non-hydrogen) atoms. The van der Waals surface area contributed by atoms with Crippen molar-refractivity contribution in [1.29, 1.82) is 0 Å². The Balaban J connectivity index is 2.59. The second-order valence-corrected chi connectivity index (χ2v) is 5.42. The molecule has 65 valence electrons. The van der Waals surface area contributed by atoms with Crippen LogP contribution in [0, 0.1) is 6.10 Å². The van der Waals surface area contributed by atoms with E-state index < -0.39 is 9.04 Å². The summed E-state index contributed by atoms with van der Waals surface area (Å²) in [4.78, 5) is 0. The van der Waals surface area contributed by atoms with Crippen molar-refractivity contribution in [2.45, 2.75) is 20.0 Å². The van der Waals surface area contributed by atoms with Crippen LogP contribution < -0.4 is 0 Å². The van der Waals surface area contributed by atoms with Gasteiger partial charge in [-0.05, 0) is 25.6 Å². The normalized spacial score (nSPS) is 11.1. The van der Waals surface area contributed by atoms with Crippen LogP contribution in [0.5, 0.6) is 0 Å². The standard InChI is InChI=1S/C10H15OSi/c1-9(11-12(2)3)10-7-5-4-6-8-10/h4-8,12H,1-3H3. The Hall–Kier alpha value is -0.603. The van der Waals surface area contributed by atoms with Crippen molar-refractivity contribution in [3.05, 3.63) is 42.0 Å². The van der Waals surface area contributed by atoms with E-state index in [9.17, 15) is 0 Å². The molecule has 0 aliphatic heterocycles. The molecule has 1 aromatic rings. The summed E-state index contributed by atoms with van der Waals surface area (Å²) in [7, 11) is -0.935. The zero-order valence-corrected chi connectivity index (χ0v) is 9.03. The SMILES string of the molecule is C[C](O[SiH](C)C)c1ccccc1. The van der Waals surface area contributed by atoms with Crippen molar-refractivity contribution >= 4 is 9.04 Å². The van der Waals surface area contributed by atoms with Gasteiger partial charge < -0.3 is 4.43 Å². The predicted molar refractivity (Wildman–Crippen MR) is 54.4 cm³/mol. The van der Waals surface area contributed by atoms with E-state index in [4.69, 9.17) is 4.43 Å². The van der Waals surface area contributed by atoms with Gasteiger partial charge in [-0.25, -0.2) is 0 Å². The number of hydrogen-bond acceptors (Lipinski definition) is 1. The maximum Gasteiger partial charge on any atom is 0.172 e. The number of benzene rings is 1. The molecule has 0 fully saturated rings. The van der Waals surface area contributed by atoms with E-state index in [2.05, 4.69) is 25.2 Å². The van der Waals surface area contributed by atoms with Crippen LogP contribution in [0.25, 0.3) is 0 Å². The topological polar surface area (TPSA) is 9.23 Å². The Bertz CT molecular complexity index is 221. The zero-order valence-electron chi connectivity index (χ0n) is 7.87. The van der Waals surface area contributed by atoms with Gasteiger partial charge in [0.2, 0.25) is 0 Å². The summed E-state index contributed by atoms with van der Waals surface area (Å²) < 4.78 is 5.69. The molecule has 2 heteroatoms. The van der Waals surface area contributed by atoms with Crippen molar-refractivity contribution < 1.29 is 4.43 Å². The number of rotatable bonds is 3. The molecule has 0 amide bonds. The van der Waals surface area contributed by atoms with Gasteiger partial charge >= 0.3 is 0 Å². The maximum absolute atomic E-state index is 5.69. The molecule has 0 spiro atoms. The molecule has 0 aromatic heterocycles. The average Bonchev–Trinajstić information content (AvgIpc) is 2.05. The monoisotopic (exact) mass is 179 g/mol. The van der Waals surface area contributed by atoms with E-state index in [0.29, 0.717) is 0 Å². The Morgan fingerprint density at radius 1 is 1.17 bits per heavy atom. The summed E-state index contributed by atoms with van der Waals surface area (Å²) in [5.74, 6) is 0.